The second kappa shape index (κ2) is 7.03. The lowest BCUT2D eigenvalue weighted by atomic mass is 9.97. The summed E-state index contributed by atoms with van der Waals surface area (Å²) in [6, 6.07) is 6.71. The Morgan fingerprint density at radius 2 is 1.86 bits per heavy atom. The van der Waals surface area contributed by atoms with Crippen molar-refractivity contribution in [3.05, 3.63) is 35.6 Å². The van der Waals surface area contributed by atoms with E-state index < -0.39 is 0 Å². The predicted molar refractivity (Wildman–Crippen MR) is 79.9 cm³/mol. The van der Waals surface area contributed by atoms with Crippen LogP contribution in [0.1, 0.15) is 50.4 Å². The third kappa shape index (κ3) is 4.27. The molecule has 4 atom stereocenters. The van der Waals surface area contributed by atoms with Gasteiger partial charge >= 0.3 is 5.97 Å². The van der Waals surface area contributed by atoms with Gasteiger partial charge < -0.3 is 9.64 Å². The average Bonchev–Trinajstić information content (AvgIpc) is 2.43. The zero-order valence-corrected chi connectivity index (χ0v) is 13.1. The van der Waals surface area contributed by atoms with E-state index in [9.17, 15) is 9.18 Å². The molecule has 0 spiro atoms. The standard InChI is InChI=1S/C17H24FNO2/c1-12-5-4-6-13(2)19(12)11-14(3)21-17(20)15-7-9-16(18)10-8-15/h7-10,12-14H,4-6,11H2,1-3H3/p+1/t12-,13+,14-/m1/s1. The quantitative estimate of drug-likeness (QED) is 0.863. The van der Waals surface area contributed by atoms with Crippen LogP contribution in [0.25, 0.3) is 0 Å². The summed E-state index contributed by atoms with van der Waals surface area (Å²) >= 11 is 0. The molecule has 0 bridgehead atoms. The number of halogens is 1. The molecular weight excluding hydrogens is 269 g/mol. The maximum absolute atomic E-state index is 12.9. The van der Waals surface area contributed by atoms with Gasteiger partial charge in [-0.2, -0.15) is 0 Å². The van der Waals surface area contributed by atoms with Gasteiger partial charge in [-0.05, 0) is 64.3 Å². The third-order valence-electron chi connectivity index (χ3n) is 4.45. The first-order valence-electron chi connectivity index (χ1n) is 7.79. The van der Waals surface area contributed by atoms with Crippen LogP contribution in [0.3, 0.4) is 0 Å². The molecule has 1 aromatic carbocycles. The van der Waals surface area contributed by atoms with Gasteiger partial charge in [-0.25, -0.2) is 9.18 Å². The summed E-state index contributed by atoms with van der Waals surface area (Å²) in [5.74, 6) is -0.723. The SMILES string of the molecule is C[C@H](C[NH+]1[C@H](C)CCC[C@@H]1C)OC(=O)c1ccc(F)cc1. The highest BCUT2D eigenvalue weighted by Crippen LogP contribution is 2.09. The van der Waals surface area contributed by atoms with E-state index in [2.05, 4.69) is 13.8 Å². The first-order chi connectivity index (χ1) is 9.97. The van der Waals surface area contributed by atoms with E-state index >= 15 is 0 Å². The molecule has 1 aromatic rings. The van der Waals surface area contributed by atoms with Crippen LogP contribution in [0.2, 0.25) is 0 Å². The molecule has 1 fully saturated rings. The van der Waals surface area contributed by atoms with Gasteiger partial charge in [0.2, 0.25) is 0 Å². The second-order valence-electron chi connectivity index (χ2n) is 6.23. The van der Waals surface area contributed by atoms with E-state index in [0.29, 0.717) is 17.6 Å². The first-order valence-corrected chi connectivity index (χ1v) is 7.79. The highest BCUT2D eigenvalue weighted by molar-refractivity contribution is 5.89. The largest absolute Gasteiger partial charge is 0.453 e. The van der Waals surface area contributed by atoms with Crippen LogP contribution in [0, 0.1) is 5.82 Å². The van der Waals surface area contributed by atoms with E-state index in [-0.39, 0.29) is 17.9 Å². The zero-order chi connectivity index (χ0) is 15.4. The Labute approximate surface area is 126 Å². The van der Waals surface area contributed by atoms with Crippen LogP contribution >= 0.6 is 0 Å². The summed E-state index contributed by atoms with van der Waals surface area (Å²) in [4.78, 5) is 13.5. The molecule has 21 heavy (non-hydrogen) atoms. The van der Waals surface area contributed by atoms with Crippen molar-refractivity contribution in [3.8, 4) is 0 Å². The second-order valence-corrected chi connectivity index (χ2v) is 6.23. The van der Waals surface area contributed by atoms with Crippen LogP contribution < -0.4 is 4.90 Å². The fraction of sp³-hybridized carbons (Fsp3) is 0.588. The summed E-state index contributed by atoms with van der Waals surface area (Å²) in [7, 11) is 0. The monoisotopic (exact) mass is 294 g/mol. The molecule has 0 amide bonds. The number of hydrogen-bond acceptors (Lipinski definition) is 2. The van der Waals surface area contributed by atoms with Crippen molar-refractivity contribution in [1.82, 2.24) is 0 Å². The lowest BCUT2D eigenvalue weighted by molar-refractivity contribution is -0.953. The summed E-state index contributed by atoms with van der Waals surface area (Å²) in [5.41, 5.74) is 0.401. The fourth-order valence-electron chi connectivity index (χ4n) is 3.20. The Morgan fingerprint density at radius 1 is 1.29 bits per heavy atom. The van der Waals surface area contributed by atoms with Crippen molar-refractivity contribution >= 4 is 5.97 Å². The molecule has 1 aliphatic rings. The van der Waals surface area contributed by atoms with Crippen LogP contribution in [-0.2, 0) is 4.74 Å². The number of piperidine rings is 1. The van der Waals surface area contributed by atoms with Crippen molar-refractivity contribution in [2.24, 2.45) is 0 Å². The van der Waals surface area contributed by atoms with E-state index in [1.807, 2.05) is 6.92 Å². The highest BCUT2D eigenvalue weighted by Gasteiger charge is 2.30. The summed E-state index contributed by atoms with van der Waals surface area (Å²) < 4.78 is 18.3. The normalized spacial score (nSPS) is 27.1. The van der Waals surface area contributed by atoms with Gasteiger partial charge in [-0.3, -0.25) is 0 Å². The lowest BCUT2D eigenvalue weighted by Crippen LogP contribution is -3.20. The van der Waals surface area contributed by atoms with Gasteiger partial charge in [0.05, 0.1) is 17.6 Å². The molecule has 116 valence electrons. The van der Waals surface area contributed by atoms with Gasteiger partial charge in [0.15, 0.2) is 0 Å². The van der Waals surface area contributed by atoms with Crippen LogP contribution in [-0.4, -0.2) is 30.7 Å². The van der Waals surface area contributed by atoms with Gasteiger partial charge in [0, 0.05) is 0 Å². The number of carbonyl (C=O) groups is 1. The van der Waals surface area contributed by atoms with Crippen molar-refractivity contribution < 1.29 is 18.8 Å². The molecule has 1 unspecified atom stereocenters. The Hall–Kier alpha value is -1.42. The maximum Gasteiger partial charge on any atom is 0.338 e. The number of quaternary nitrogens is 1. The van der Waals surface area contributed by atoms with Crippen molar-refractivity contribution in [1.29, 1.82) is 0 Å². The van der Waals surface area contributed by atoms with Gasteiger partial charge in [-0.1, -0.05) is 0 Å². The number of nitrogens with one attached hydrogen (secondary N) is 1. The number of esters is 1. The minimum absolute atomic E-state index is 0.138. The van der Waals surface area contributed by atoms with Crippen LogP contribution in [0.15, 0.2) is 24.3 Å². The molecule has 0 saturated carbocycles. The lowest BCUT2D eigenvalue weighted by Gasteiger charge is -2.37. The number of carbonyl (C=O) groups excluding carboxylic acids is 1. The highest BCUT2D eigenvalue weighted by atomic mass is 19.1. The molecular formula is C17H25FNO2+. The predicted octanol–water partition coefficient (Wildman–Crippen LogP) is 2.22. The minimum atomic E-state index is -0.376. The molecule has 0 radical (unpaired) electrons. The van der Waals surface area contributed by atoms with E-state index in [1.165, 1.54) is 48.4 Å². The molecule has 4 heteroatoms. The number of ether oxygens (including phenoxy) is 1. The Morgan fingerprint density at radius 3 is 2.43 bits per heavy atom. The third-order valence-corrected chi connectivity index (χ3v) is 4.45. The molecule has 1 heterocycles. The fourth-order valence-corrected chi connectivity index (χ4v) is 3.20. The van der Waals surface area contributed by atoms with Gasteiger partial charge in [-0.15, -0.1) is 0 Å². The Bertz CT molecular complexity index is 464. The molecule has 3 nitrogen and oxygen atoms in total. The Kier molecular flexibility index (Phi) is 5.34. The maximum atomic E-state index is 12.9. The summed E-state index contributed by atoms with van der Waals surface area (Å²) in [5, 5.41) is 0. The van der Waals surface area contributed by atoms with E-state index in [0.717, 1.165) is 6.54 Å². The van der Waals surface area contributed by atoms with Crippen molar-refractivity contribution in [2.45, 2.75) is 58.2 Å². The number of hydrogen-bond donors (Lipinski definition) is 1. The number of likely N-dealkylation sites (tertiary alicyclic amines) is 1. The average molecular weight is 294 g/mol. The van der Waals surface area contributed by atoms with Crippen molar-refractivity contribution in [2.75, 3.05) is 6.54 Å². The van der Waals surface area contributed by atoms with Gasteiger partial charge in [0.1, 0.15) is 18.5 Å². The minimum Gasteiger partial charge on any atom is -0.453 e. The molecule has 1 aliphatic heterocycles. The van der Waals surface area contributed by atoms with E-state index in [1.54, 1.807) is 0 Å². The molecule has 0 aromatic heterocycles. The summed E-state index contributed by atoms with van der Waals surface area (Å²) in [6.45, 7) is 7.29. The van der Waals surface area contributed by atoms with Crippen molar-refractivity contribution in [3.63, 3.8) is 0 Å². The van der Waals surface area contributed by atoms with Crippen LogP contribution in [0.4, 0.5) is 4.39 Å². The first kappa shape index (κ1) is 16.0. The molecule has 2 rings (SSSR count). The molecule has 1 saturated heterocycles. The summed E-state index contributed by atoms with van der Waals surface area (Å²) in [6.07, 6.45) is 3.62. The molecule has 1 N–H and O–H groups in total. The molecule has 0 aliphatic carbocycles. The Balaban J connectivity index is 1.90. The van der Waals surface area contributed by atoms with Gasteiger partial charge in [0.25, 0.3) is 0 Å². The number of rotatable bonds is 4. The zero-order valence-electron chi connectivity index (χ0n) is 13.1. The van der Waals surface area contributed by atoms with Crippen LogP contribution in [0.5, 0.6) is 0 Å². The smallest absolute Gasteiger partial charge is 0.338 e. The number of benzene rings is 1. The topological polar surface area (TPSA) is 30.7 Å². The van der Waals surface area contributed by atoms with E-state index in [4.69, 9.17) is 4.74 Å².